The highest BCUT2D eigenvalue weighted by molar-refractivity contribution is 6.07. The normalized spacial score (nSPS) is 14.6. The maximum Gasteiger partial charge on any atom is 0.221 e. The van der Waals surface area contributed by atoms with Crippen molar-refractivity contribution in [1.82, 2.24) is 0 Å². The van der Waals surface area contributed by atoms with Crippen LogP contribution in [0, 0.1) is 0 Å². The Morgan fingerprint density at radius 1 is 1.03 bits per heavy atom. The summed E-state index contributed by atoms with van der Waals surface area (Å²) < 4.78 is 22.4. The van der Waals surface area contributed by atoms with Gasteiger partial charge in [-0.05, 0) is 68.0 Å². The van der Waals surface area contributed by atoms with Crippen molar-refractivity contribution >= 4 is 28.9 Å². The molecule has 0 amide bonds. The van der Waals surface area contributed by atoms with Crippen molar-refractivity contribution in [3.05, 3.63) is 65.4 Å². The molecule has 4 rings (SSSR count). The fourth-order valence-corrected chi connectivity index (χ4v) is 3.26. The first-order valence-electron chi connectivity index (χ1n) is 9.29. The van der Waals surface area contributed by atoms with Crippen molar-refractivity contribution in [2.45, 2.75) is 19.4 Å². The summed E-state index contributed by atoms with van der Waals surface area (Å²) in [5.41, 5.74) is 1.92. The number of rotatable bonds is 5. The van der Waals surface area contributed by atoms with Crippen LogP contribution in [-0.2, 0) is 0 Å². The second-order valence-corrected chi connectivity index (χ2v) is 7.39. The second kappa shape index (κ2) is 7.17. The molecule has 5 nitrogen and oxygen atoms in total. The maximum atomic E-state index is 12.7. The lowest BCUT2D eigenvalue weighted by Gasteiger charge is -2.27. The van der Waals surface area contributed by atoms with E-state index in [1.165, 1.54) is 6.08 Å². The minimum Gasteiger partial charge on any atom is -0.497 e. The Labute approximate surface area is 169 Å². The van der Waals surface area contributed by atoms with E-state index in [-0.39, 0.29) is 17.1 Å². The minimum absolute atomic E-state index is 0.224. The van der Waals surface area contributed by atoms with Gasteiger partial charge in [-0.1, -0.05) is 6.08 Å². The molecule has 0 N–H and O–H groups in total. The van der Waals surface area contributed by atoms with Gasteiger partial charge in [0.1, 0.15) is 28.4 Å². The average molecular weight is 390 g/mol. The van der Waals surface area contributed by atoms with Gasteiger partial charge in [0.2, 0.25) is 5.78 Å². The van der Waals surface area contributed by atoms with E-state index in [0.717, 1.165) is 22.3 Å². The van der Waals surface area contributed by atoms with Gasteiger partial charge in [-0.25, -0.2) is 0 Å². The Morgan fingerprint density at radius 2 is 1.76 bits per heavy atom. The fraction of sp³-hybridized carbons (Fsp3) is 0.208. The van der Waals surface area contributed by atoms with Gasteiger partial charge < -0.3 is 18.6 Å². The zero-order valence-electron chi connectivity index (χ0n) is 16.8. The van der Waals surface area contributed by atoms with E-state index in [4.69, 9.17) is 18.6 Å². The molecule has 29 heavy (non-hydrogen) atoms. The number of hydrogen-bond acceptors (Lipinski definition) is 5. The number of hydrogen-bond donors (Lipinski definition) is 0. The van der Waals surface area contributed by atoms with E-state index in [2.05, 4.69) is 0 Å². The highest BCUT2D eigenvalue weighted by Crippen LogP contribution is 2.37. The molecule has 0 bridgehead atoms. The van der Waals surface area contributed by atoms with E-state index >= 15 is 0 Å². The van der Waals surface area contributed by atoms with Crippen LogP contribution in [0.5, 0.6) is 17.2 Å². The topological polar surface area (TPSA) is 57.9 Å². The number of fused-ring (bicyclic) bond motifs is 3. The zero-order valence-corrected chi connectivity index (χ0v) is 16.8. The van der Waals surface area contributed by atoms with Crippen LogP contribution < -0.4 is 14.2 Å². The SMILES string of the molecule is COc1cc(/C=C/C(=O)c2cc3ccc4c(c3o2)C=CC(C)(C)O4)cc(OC)c1. The quantitative estimate of drug-likeness (QED) is 0.423. The third-order valence-corrected chi connectivity index (χ3v) is 4.75. The van der Waals surface area contributed by atoms with Gasteiger partial charge in [0, 0.05) is 11.5 Å². The lowest BCUT2D eigenvalue weighted by Crippen LogP contribution is -2.27. The number of allylic oxidation sites excluding steroid dienone is 1. The Morgan fingerprint density at radius 3 is 2.45 bits per heavy atom. The van der Waals surface area contributed by atoms with Crippen LogP contribution in [-0.4, -0.2) is 25.6 Å². The molecule has 1 aliphatic rings. The van der Waals surface area contributed by atoms with Gasteiger partial charge in [0.15, 0.2) is 5.76 Å². The minimum atomic E-state index is -0.369. The van der Waals surface area contributed by atoms with Crippen molar-refractivity contribution in [3.8, 4) is 17.2 Å². The summed E-state index contributed by atoms with van der Waals surface area (Å²) in [4.78, 5) is 12.7. The summed E-state index contributed by atoms with van der Waals surface area (Å²) in [6, 6.07) is 11.0. The number of benzene rings is 2. The molecule has 1 aromatic heterocycles. The molecule has 0 unspecified atom stereocenters. The average Bonchev–Trinajstić information content (AvgIpc) is 3.15. The molecule has 1 aliphatic heterocycles. The lowest BCUT2D eigenvalue weighted by molar-refractivity contribution is 0.102. The Kier molecular flexibility index (Phi) is 4.66. The highest BCUT2D eigenvalue weighted by Gasteiger charge is 2.24. The summed E-state index contributed by atoms with van der Waals surface area (Å²) in [6.07, 6.45) is 7.15. The van der Waals surface area contributed by atoms with E-state index in [0.29, 0.717) is 17.1 Å². The molecule has 2 aromatic carbocycles. The zero-order chi connectivity index (χ0) is 20.6. The Bertz CT molecular complexity index is 1130. The fourth-order valence-electron chi connectivity index (χ4n) is 3.26. The Hall–Kier alpha value is -3.47. The molecular weight excluding hydrogens is 368 g/mol. The first-order chi connectivity index (χ1) is 13.9. The van der Waals surface area contributed by atoms with Gasteiger partial charge in [-0.3, -0.25) is 4.79 Å². The van der Waals surface area contributed by atoms with Crippen LogP contribution in [0.4, 0.5) is 0 Å². The number of furan rings is 1. The summed E-state index contributed by atoms with van der Waals surface area (Å²) in [5, 5.41) is 0.858. The van der Waals surface area contributed by atoms with Gasteiger partial charge in [0.25, 0.3) is 0 Å². The van der Waals surface area contributed by atoms with E-state index in [1.807, 2.05) is 50.3 Å². The molecular formula is C24H22O5. The van der Waals surface area contributed by atoms with E-state index in [9.17, 15) is 4.79 Å². The van der Waals surface area contributed by atoms with Crippen LogP contribution in [0.1, 0.15) is 35.5 Å². The van der Waals surface area contributed by atoms with Crippen LogP contribution in [0.2, 0.25) is 0 Å². The van der Waals surface area contributed by atoms with Crippen molar-refractivity contribution in [2.75, 3.05) is 14.2 Å². The largest absolute Gasteiger partial charge is 0.497 e. The van der Waals surface area contributed by atoms with Crippen LogP contribution in [0.15, 0.2) is 53.0 Å². The highest BCUT2D eigenvalue weighted by atomic mass is 16.5. The molecule has 3 aromatic rings. The first-order valence-corrected chi connectivity index (χ1v) is 9.29. The lowest BCUT2D eigenvalue weighted by atomic mass is 10.0. The standard InChI is InChI=1S/C24H22O5/c1-24(2)10-9-19-21(29-24)8-6-16-13-22(28-23(16)19)20(25)7-5-15-11-17(26-3)14-18(12-15)27-4/h5-14H,1-4H3/b7-5+. The number of ether oxygens (including phenoxy) is 3. The van der Waals surface area contributed by atoms with Crippen LogP contribution >= 0.6 is 0 Å². The van der Waals surface area contributed by atoms with E-state index < -0.39 is 0 Å². The van der Waals surface area contributed by atoms with Crippen LogP contribution in [0.25, 0.3) is 23.1 Å². The maximum absolute atomic E-state index is 12.7. The molecule has 0 aliphatic carbocycles. The molecule has 0 atom stereocenters. The monoisotopic (exact) mass is 390 g/mol. The molecule has 148 valence electrons. The van der Waals surface area contributed by atoms with Gasteiger partial charge in [-0.2, -0.15) is 0 Å². The molecule has 2 heterocycles. The van der Waals surface area contributed by atoms with E-state index in [1.54, 1.807) is 32.4 Å². The number of methoxy groups -OCH3 is 2. The van der Waals surface area contributed by atoms with Gasteiger partial charge >= 0.3 is 0 Å². The van der Waals surface area contributed by atoms with Crippen molar-refractivity contribution in [2.24, 2.45) is 0 Å². The third-order valence-electron chi connectivity index (χ3n) is 4.75. The first kappa shape index (κ1) is 18.9. The van der Waals surface area contributed by atoms with Crippen LogP contribution in [0.3, 0.4) is 0 Å². The smallest absolute Gasteiger partial charge is 0.221 e. The Balaban J connectivity index is 1.64. The summed E-state index contributed by atoms with van der Waals surface area (Å²) in [6.45, 7) is 3.98. The molecule has 0 saturated heterocycles. The van der Waals surface area contributed by atoms with Gasteiger partial charge in [-0.15, -0.1) is 0 Å². The third kappa shape index (κ3) is 3.76. The van der Waals surface area contributed by atoms with Crippen molar-refractivity contribution in [3.63, 3.8) is 0 Å². The number of ketones is 1. The number of carbonyl (C=O) groups is 1. The predicted molar refractivity (Wildman–Crippen MR) is 113 cm³/mol. The number of carbonyl (C=O) groups excluding carboxylic acids is 1. The molecule has 0 fully saturated rings. The summed E-state index contributed by atoms with van der Waals surface area (Å²) >= 11 is 0. The second-order valence-electron chi connectivity index (χ2n) is 7.39. The molecule has 0 spiro atoms. The molecule has 0 radical (unpaired) electrons. The molecule has 0 saturated carbocycles. The van der Waals surface area contributed by atoms with Gasteiger partial charge in [0.05, 0.1) is 19.8 Å². The van der Waals surface area contributed by atoms with Crippen molar-refractivity contribution in [1.29, 1.82) is 0 Å². The summed E-state index contributed by atoms with van der Waals surface area (Å²) in [7, 11) is 3.17. The predicted octanol–water partition coefficient (Wildman–Crippen LogP) is 5.53. The van der Waals surface area contributed by atoms with Crippen molar-refractivity contribution < 1.29 is 23.4 Å². The molecule has 5 heteroatoms. The summed E-state index contributed by atoms with van der Waals surface area (Å²) in [5.74, 6) is 2.11.